The van der Waals surface area contributed by atoms with Crippen LogP contribution >= 0.6 is 0 Å². The largest absolute Gasteiger partial charge is 0.384 e. The molecule has 0 aliphatic rings. The molecule has 1 aromatic carbocycles. The maximum atomic E-state index is 12.2. The van der Waals surface area contributed by atoms with Gasteiger partial charge in [0.1, 0.15) is 6.61 Å². The van der Waals surface area contributed by atoms with Gasteiger partial charge in [-0.1, -0.05) is 17.9 Å². The van der Waals surface area contributed by atoms with Crippen molar-refractivity contribution in [3.8, 4) is 11.8 Å². The number of rotatable bonds is 3. The number of benzene rings is 1. The second kappa shape index (κ2) is 6.21. The summed E-state index contributed by atoms with van der Waals surface area (Å²) in [5.41, 5.74) is 0.0283. The maximum Gasteiger partial charge on any atom is 0.264 e. The second-order valence-electron chi connectivity index (χ2n) is 3.90. The van der Waals surface area contributed by atoms with E-state index < -0.39 is 15.6 Å². The van der Waals surface area contributed by atoms with Crippen molar-refractivity contribution >= 4 is 15.8 Å². The van der Waals surface area contributed by atoms with Gasteiger partial charge in [-0.05, 0) is 24.3 Å². The molecule has 0 saturated heterocycles. The first-order valence-corrected chi connectivity index (χ1v) is 7.28. The van der Waals surface area contributed by atoms with E-state index in [0.717, 1.165) is 6.07 Å². The van der Waals surface area contributed by atoms with Crippen molar-refractivity contribution in [1.82, 2.24) is 10.2 Å². The number of aromatic nitrogens is 2. The third-order valence-corrected chi connectivity index (χ3v) is 3.73. The number of nitrogens with zero attached hydrogens (tertiary/aromatic N) is 1. The first-order chi connectivity index (χ1) is 10.0. The van der Waals surface area contributed by atoms with Crippen LogP contribution in [0.3, 0.4) is 0 Å². The third-order valence-electron chi connectivity index (χ3n) is 2.37. The highest BCUT2D eigenvalue weighted by Crippen LogP contribution is 2.14. The van der Waals surface area contributed by atoms with Gasteiger partial charge in [0.05, 0.1) is 4.90 Å². The van der Waals surface area contributed by atoms with Crippen molar-refractivity contribution in [3.63, 3.8) is 0 Å². The molecule has 108 valence electrons. The molecule has 8 heteroatoms. The molecular weight excluding hydrogens is 294 g/mol. The monoisotopic (exact) mass is 305 g/mol. The SMILES string of the molecule is O=c1ccc(NS(=O)(=O)c2cccc(C#CCO)c2)n[nH]1. The van der Waals surface area contributed by atoms with Crippen LogP contribution in [-0.2, 0) is 10.0 Å². The van der Waals surface area contributed by atoms with Crippen molar-refractivity contribution in [3.05, 3.63) is 52.3 Å². The van der Waals surface area contributed by atoms with E-state index >= 15 is 0 Å². The second-order valence-corrected chi connectivity index (χ2v) is 5.58. The van der Waals surface area contributed by atoms with E-state index in [2.05, 4.69) is 26.8 Å². The molecule has 1 heterocycles. The van der Waals surface area contributed by atoms with Crippen LogP contribution in [0.4, 0.5) is 5.82 Å². The summed E-state index contributed by atoms with van der Waals surface area (Å²) in [6, 6.07) is 8.35. The molecule has 0 atom stereocenters. The summed E-state index contributed by atoms with van der Waals surface area (Å²) >= 11 is 0. The number of sulfonamides is 1. The molecule has 0 bridgehead atoms. The molecule has 0 aliphatic carbocycles. The topological polar surface area (TPSA) is 112 Å². The summed E-state index contributed by atoms with van der Waals surface area (Å²) in [5, 5.41) is 14.3. The summed E-state index contributed by atoms with van der Waals surface area (Å²) in [5.74, 6) is 5.06. The summed E-state index contributed by atoms with van der Waals surface area (Å²) in [4.78, 5) is 10.9. The van der Waals surface area contributed by atoms with Gasteiger partial charge in [0.15, 0.2) is 5.82 Å². The summed E-state index contributed by atoms with van der Waals surface area (Å²) < 4.78 is 26.6. The Bertz CT molecular complexity index is 842. The molecule has 7 nitrogen and oxygen atoms in total. The molecule has 21 heavy (non-hydrogen) atoms. The number of aromatic amines is 1. The van der Waals surface area contributed by atoms with Gasteiger partial charge in [-0.15, -0.1) is 0 Å². The van der Waals surface area contributed by atoms with Crippen LogP contribution in [0.15, 0.2) is 46.1 Å². The lowest BCUT2D eigenvalue weighted by Crippen LogP contribution is -2.16. The number of hydrogen-bond acceptors (Lipinski definition) is 5. The number of aliphatic hydroxyl groups is 1. The molecule has 2 rings (SSSR count). The quantitative estimate of drug-likeness (QED) is 0.686. The number of aliphatic hydroxyl groups excluding tert-OH is 1. The van der Waals surface area contributed by atoms with Gasteiger partial charge in [-0.2, -0.15) is 5.10 Å². The average molecular weight is 305 g/mol. The molecule has 0 unspecified atom stereocenters. The van der Waals surface area contributed by atoms with Crippen LogP contribution in [0.1, 0.15) is 5.56 Å². The van der Waals surface area contributed by atoms with E-state index in [-0.39, 0.29) is 17.3 Å². The normalized spacial score (nSPS) is 10.5. The van der Waals surface area contributed by atoms with Gasteiger partial charge >= 0.3 is 0 Å². The Morgan fingerprint density at radius 1 is 1.29 bits per heavy atom. The van der Waals surface area contributed by atoms with Gasteiger partial charge in [0.25, 0.3) is 15.6 Å². The van der Waals surface area contributed by atoms with Crippen molar-refractivity contribution in [2.75, 3.05) is 11.3 Å². The zero-order valence-electron chi connectivity index (χ0n) is 10.7. The molecule has 3 N–H and O–H groups in total. The van der Waals surface area contributed by atoms with Crippen LogP contribution in [-0.4, -0.2) is 30.3 Å². The molecule has 2 aromatic rings. The van der Waals surface area contributed by atoms with Crippen molar-refractivity contribution in [1.29, 1.82) is 0 Å². The van der Waals surface area contributed by atoms with Gasteiger partial charge in [0.2, 0.25) is 0 Å². The molecule has 0 radical (unpaired) electrons. The predicted molar refractivity (Wildman–Crippen MR) is 76.1 cm³/mol. The van der Waals surface area contributed by atoms with Crippen LogP contribution in [0, 0.1) is 11.8 Å². The lowest BCUT2D eigenvalue weighted by Gasteiger charge is -2.06. The number of nitrogens with one attached hydrogen (secondary N) is 2. The van der Waals surface area contributed by atoms with Crippen LogP contribution in [0.2, 0.25) is 0 Å². The van der Waals surface area contributed by atoms with Crippen molar-refractivity contribution < 1.29 is 13.5 Å². The van der Waals surface area contributed by atoms with E-state index in [0.29, 0.717) is 5.56 Å². The Morgan fingerprint density at radius 3 is 2.76 bits per heavy atom. The van der Waals surface area contributed by atoms with Gasteiger partial charge in [0, 0.05) is 11.6 Å². The zero-order chi connectivity index (χ0) is 15.3. The Hall–Kier alpha value is -2.63. The minimum absolute atomic E-state index is 0.000222. The maximum absolute atomic E-state index is 12.2. The lowest BCUT2D eigenvalue weighted by molar-refractivity contribution is 0.350. The molecule has 0 saturated carbocycles. The summed E-state index contributed by atoms with van der Waals surface area (Å²) in [7, 11) is -3.84. The van der Waals surface area contributed by atoms with Crippen molar-refractivity contribution in [2.45, 2.75) is 4.90 Å². The Morgan fingerprint density at radius 2 is 2.10 bits per heavy atom. The highest BCUT2D eigenvalue weighted by Gasteiger charge is 2.15. The van der Waals surface area contributed by atoms with E-state index in [9.17, 15) is 13.2 Å². The van der Waals surface area contributed by atoms with Crippen LogP contribution < -0.4 is 10.3 Å². The molecule has 0 spiro atoms. The number of anilines is 1. The fraction of sp³-hybridized carbons (Fsp3) is 0.0769. The highest BCUT2D eigenvalue weighted by molar-refractivity contribution is 7.92. The predicted octanol–water partition coefficient (Wildman–Crippen LogP) is -0.0855. The van der Waals surface area contributed by atoms with E-state index in [1.807, 2.05) is 0 Å². The molecular formula is C13H11N3O4S. The first-order valence-electron chi connectivity index (χ1n) is 5.79. The molecule has 0 fully saturated rings. The van der Waals surface area contributed by atoms with Gasteiger partial charge in [-0.3, -0.25) is 9.52 Å². The smallest absolute Gasteiger partial charge is 0.264 e. The zero-order valence-corrected chi connectivity index (χ0v) is 11.5. The average Bonchev–Trinajstić information content (AvgIpc) is 2.48. The van der Waals surface area contributed by atoms with Gasteiger partial charge in [-0.25, -0.2) is 13.5 Å². The molecule has 1 aromatic heterocycles. The standard InChI is InChI=1S/C13H11N3O4S/c17-8-2-4-10-3-1-5-11(9-10)21(19,20)16-12-6-7-13(18)15-14-12/h1,3,5-7,9,17H,8H2,(H,14,16)(H,15,18). The van der Waals surface area contributed by atoms with E-state index in [1.54, 1.807) is 6.07 Å². The Balaban J connectivity index is 2.31. The minimum Gasteiger partial charge on any atom is -0.384 e. The fourth-order valence-electron chi connectivity index (χ4n) is 1.48. The summed E-state index contributed by atoms with van der Waals surface area (Å²) in [6.07, 6.45) is 0. The Labute approximate surface area is 120 Å². The molecule has 0 aliphatic heterocycles. The minimum atomic E-state index is -3.84. The fourth-order valence-corrected chi connectivity index (χ4v) is 2.53. The number of H-pyrrole nitrogens is 1. The lowest BCUT2D eigenvalue weighted by atomic mass is 10.2. The van der Waals surface area contributed by atoms with E-state index in [1.165, 1.54) is 24.3 Å². The first kappa shape index (κ1) is 14.8. The van der Waals surface area contributed by atoms with Gasteiger partial charge < -0.3 is 5.11 Å². The summed E-state index contributed by atoms with van der Waals surface area (Å²) in [6.45, 7) is -0.309. The van der Waals surface area contributed by atoms with Crippen LogP contribution in [0.5, 0.6) is 0 Å². The third kappa shape index (κ3) is 3.92. The molecule has 0 amide bonds. The Kier molecular flexibility index (Phi) is 4.37. The number of hydrogen-bond donors (Lipinski definition) is 3. The van der Waals surface area contributed by atoms with Crippen LogP contribution in [0.25, 0.3) is 0 Å². The highest BCUT2D eigenvalue weighted by atomic mass is 32.2. The van der Waals surface area contributed by atoms with Crippen molar-refractivity contribution in [2.24, 2.45) is 0 Å². The van der Waals surface area contributed by atoms with E-state index in [4.69, 9.17) is 5.11 Å².